The van der Waals surface area contributed by atoms with Gasteiger partial charge in [-0.2, -0.15) is 0 Å². The molecule has 112 valence electrons. The van der Waals surface area contributed by atoms with Crippen molar-refractivity contribution >= 4 is 5.91 Å². The van der Waals surface area contributed by atoms with E-state index in [0.29, 0.717) is 17.9 Å². The molecule has 0 fully saturated rings. The van der Waals surface area contributed by atoms with Crippen LogP contribution in [0.3, 0.4) is 0 Å². The Labute approximate surface area is 121 Å². The van der Waals surface area contributed by atoms with Crippen molar-refractivity contribution in [3.63, 3.8) is 0 Å². The van der Waals surface area contributed by atoms with E-state index in [1.165, 1.54) is 0 Å². The van der Waals surface area contributed by atoms with E-state index in [1.54, 1.807) is 18.2 Å². The number of ether oxygens (including phenoxy) is 1. The number of amides is 1. The van der Waals surface area contributed by atoms with E-state index < -0.39 is 6.10 Å². The summed E-state index contributed by atoms with van der Waals surface area (Å²) in [6, 6.07) is 7.13. The zero-order valence-electron chi connectivity index (χ0n) is 12.6. The van der Waals surface area contributed by atoms with E-state index in [-0.39, 0.29) is 18.4 Å². The Kier molecular flexibility index (Phi) is 7.09. The fourth-order valence-corrected chi connectivity index (χ4v) is 2.23. The maximum atomic E-state index is 12.1. The number of hydrogen-bond donors (Lipinski definition) is 2. The Hall–Kier alpha value is -1.55. The van der Waals surface area contributed by atoms with Crippen LogP contribution in [0.5, 0.6) is 5.75 Å². The molecular weight excluding hydrogens is 254 g/mol. The average molecular weight is 279 g/mol. The lowest BCUT2D eigenvalue weighted by molar-refractivity contribution is 0.0814. The van der Waals surface area contributed by atoms with Crippen molar-refractivity contribution in [3.8, 4) is 5.75 Å². The van der Waals surface area contributed by atoms with Gasteiger partial charge in [0.2, 0.25) is 0 Å². The van der Waals surface area contributed by atoms with Gasteiger partial charge in [0.05, 0.1) is 18.3 Å². The molecule has 1 unspecified atom stereocenters. The zero-order chi connectivity index (χ0) is 15.0. The molecule has 4 heteroatoms. The van der Waals surface area contributed by atoms with Crippen LogP contribution in [0.1, 0.15) is 44.0 Å². The van der Waals surface area contributed by atoms with Crippen LogP contribution in [0.2, 0.25) is 0 Å². The third kappa shape index (κ3) is 4.53. The summed E-state index contributed by atoms with van der Waals surface area (Å²) in [5.74, 6) is 0.584. The summed E-state index contributed by atoms with van der Waals surface area (Å²) in [7, 11) is 0. The first-order valence-corrected chi connectivity index (χ1v) is 7.32. The van der Waals surface area contributed by atoms with Gasteiger partial charge >= 0.3 is 0 Å². The highest BCUT2D eigenvalue weighted by Crippen LogP contribution is 2.18. The molecule has 0 aliphatic carbocycles. The SMILES string of the molecule is CCOc1ccccc1C(=O)NCC(O)C(CC)CC. The minimum Gasteiger partial charge on any atom is -0.493 e. The molecule has 0 radical (unpaired) electrons. The van der Waals surface area contributed by atoms with Crippen molar-refractivity contribution < 1.29 is 14.6 Å². The second-order valence-electron chi connectivity index (χ2n) is 4.78. The van der Waals surface area contributed by atoms with Crippen molar-refractivity contribution in [2.24, 2.45) is 5.92 Å². The Balaban J connectivity index is 2.63. The van der Waals surface area contributed by atoms with Gasteiger partial charge < -0.3 is 15.2 Å². The highest BCUT2D eigenvalue weighted by Gasteiger charge is 2.18. The number of benzene rings is 1. The molecule has 0 spiro atoms. The lowest BCUT2D eigenvalue weighted by atomic mass is 9.96. The number of aliphatic hydroxyl groups is 1. The van der Waals surface area contributed by atoms with Crippen LogP contribution in [-0.2, 0) is 0 Å². The van der Waals surface area contributed by atoms with Crippen LogP contribution in [0.4, 0.5) is 0 Å². The molecule has 1 rings (SSSR count). The molecule has 0 heterocycles. The van der Waals surface area contributed by atoms with Gasteiger partial charge in [-0.1, -0.05) is 38.8 Å². The molecule has 0 saturated carbocycles. The van der Waals surface area contributed by atoms with Gasteiger partial charge in [-0.3, -0.25) is 4.79 Å². The van der Waals surface area contributed by atoms with Crippen LogP contribution in [-0.4, -0.2) is 30.3 Å². The molecule has 0 aliphatic rings. The molecule has 1 aromatic carbocycles. The van der Waals surface area contributed by atoms with E-state index in [1.807, 2.05) is 26.8 Å². The number of carbonyl (C=O) groups is 1. The standard InChI is InChI=1S/C16H25NO3/c1-4-12(5-2)14(18)11-17-16(19)13-9-7-8-10-15(13)20-6-3/h7-10,12,14,18H,4-6,11H2,1-3H3,(H,17,19). The first-order chi connectivity index (χ1) is 9.63. The molecule has 2 N–H and O–H groups in total. The Morgan fingerprint density at radius 2 is 1.90 bits per heavy atom. The topological polar surface area (TPSA) is 58.6 Å². The number of hydrogen-bond acceptors (Lipinski definition) is 3. The maximum absolute atomic E-state index is 12.1. The van der Waals surface area contributed by atoms with E-state index in [9.17, 15) is 9.90 Å². The summed E-state index contributed by atoms with van der Waals surface area (Å²) in [5.41, 5.74) is 0.506. The van der Waals surface area contributed by atoms with Gasteiger partial charge in [0, 0.05) is 6.54 Å². The second kappa shape index (κ2) is 8.59. The third-order valence-electron chi connectivity index (χ3n) is 3.50. The second-order valence-corrected chi connectivity index (χ2v) is 4.78. The minimum atomic E-state index is -0.506. The molecular formula is C16H25NO3. The van der Waals surface area contributed by atoms with Gasteiger partial charge in [-0.15, -0.1) is 0 Å². The van der Waals surface area contributed by atoms with Crippen LogP contribution < -0.4 is 10.1 Å². The zero-order valence-corrected chi connectivity index (χ0v) is 12.6. The molecule has 4 nitrogen and oxygen atoms in total. The highest BCUT2D eigenvalue weighted by molar-refractivity contribution is 5.96. The lowest BCUT2D eigenvalue weighted by Crippen LogP contribution is -2.36. The largest absolute Gasteiger partial charge is 0.493 e. The van der Waals surface area contributed by atoms with E-state index in [4.69, 9.17) is 4.74 Å². The highest BCUT2D eigenvalue weighted by atomic mass is 16.5. The van der Waals surface area contributed by atoms with E-state index >= 15 is 0 Å². The number of aliphatic hydroxyl groups excluding tert-OH is 1. The van der Waals surface area contributed by atoms with Gasteiger partial charge in [0.1, 0.15) is 5.75 Å². The van der Waals surface area contributed by atoms with Gasteiger partial charge in [-0.05, 0) is 25.0 Å². The molecule has 0 bridgehead atoms. The van der Waals surface area contributed by atoms with Crippen LogP contribution in [0.15, 0.2) is 24.3 Å². The van der Waals surface area contributed by atoms with Crippen molar-refractivity contribution in [3.05, 3.63) is 29.8 Å². The molecule has 0 aromatic heterocycles. The fraction of sp³-hybridized carbons (Fsp3) is 0.562. The number of rotatable bonds is 8. The van der Waals surface area contributed by atoms with E-state index in [2.05, 4.69) is 5.32 Å². The number of carbonyl (C=O) groups excluding carboxylic acids is 1. The van der Waals surface area contributed by atoms with Crippen molar-refractivity contribution in [1.82, 2.24) is 5.32 Å². The predicted molar refractivity (Wildman–Crippen MR) is 80.0 cm³/mol. The molecule has 0 aliphatic heterocycles. The Bertz CT molecular complexity index is 416. The summed E-state index contributed by atoms with van der Waals surface area (Å²) in [6.07, 6.45) is 1.31. The summed E-state index contributed by atoms with van der Waals surface area (Å²) < 4.78 is 5.43. The van der Waals surface area contributed by atoms with Crippen molar-refractivity contribution in [2.75, 3.05) is 13.2 Å². The van der Waals surface area contributed by atoms with Crippen LogP contribution in [0.25, 0.3) is 0 Å². The molecule has 0 saturated heterocycles. The minimum absolute atomic E-state index is 0.209. The van der Waals surface area contributed by atoms with Gasteiger partial charge in [0.25, 0.3) is 5.91 Å². The molecule has 1 amide bonds. The monoisotopic (exact) mass is 279 g/mol. The Morgan fingerprint density at radius 1 is 1.25 bits per heavy atom. The summed E-state index contributed by atoms with van der Waals surface area (Å²) in [4.78, 5) is 12.1. The first-order valence-electron chi connectivity index (χ1n) is 7.32. The smallest absolute Gasteiger partial charge is 0.255 e. The maximum Gasteiger partial charge on any atom is 0.255 e. The summed E-state index contributed by atoms with van der Waals surface area (Å²) in [5, 5.41) is 12.8. The molecule has 1 aromatic rings. The molecule has 20 heavy (non-hydrogen) atoms. The van der Waals surface area contributed by atoms with Crippen LogP contribution >= 0.6 is 0 Å². The van der Waals surface area contributed by atoms with Gasteiger partial charge in [0.15, 0.2) is 0 Å². The first kappa shape index (κ1) is 16.5. The predicted octanol–water partition coefficient (Wildman–Crippen LogP) is 2.61. The summed E-state index contributed by atoms with van der Waals surface area (Å²) >= 11 is 0. The number of para-hydroxylation sites is 1. The van der Waals surface area contributed by atoms with Crippen molar-refractivity contribution in [2.45, 2.75) is 39.7 Å². The quantitative estimate of drug-likeness (QED) is 0.769. The third-order valence-corrected chi connectivity index (χ3v) is 3.50. The fourth-order valence-electron chi connectivity index (χ4n) is 2.23. The lowest BCUT2D eigenvalue weighted by Gasteiger charge is -2.20. The van der Waals surface area contributed by atoms with Gasteiger partial charge in [-0.25, -0.2) is 0 Å². The average Bonchev–Trinajstić information content (AvgIpc) is 2.47. The molecule has 1 atom stereocenters. The van der Waals surface area contributed by atoms with E-state index in [0.717, 1.165) is 12.8 Å². The van der Waals surface area contributed by atoms with Crippen LogP contribution in [0, 0.1) is 5.92 Å². The van der Waals surface area contributed by atoms with Crippen molar-refractivity contribution in [1.29, 1.82) is 0 Å². The summed E-state index contributed by atoms with van der Waals surface area (Å²) in [6.45, 7) is 6.75. The Morgan fingerprint density at radius 3 is 2.50 bits per heavy atom. The normalized spacial score (nSPS) is 12.2. The number of nitrogens with one attached hydrogen (secondary N) is 1.